The molecule has 2 atom stereocenters. The molecule has 0 saturated carbocycles. The fourth-order valence-electron chi connectivity index (χ4n) is 4.36. The van der Waals surface area contributed by atoms with E-state index in [4.69, 9.17) is 4.74 Å². The minimum absolute atomic E-state index is 0.0606. The molecular weight excluding hydrogens is 526 g/mol. The largest absolute Gasteiger partial charge is 0.497 e. The van der Waals surface area contributed by atoms with Crippen molar-refractivity contribution < 1.29 is 22.7 Å². The van der Waals surface area contributed by atoms with Gasteiger partial charge in [-0.3, -0.25) is 13.9 Å². The van der Waals surface area contributed by atoms with Gasteiger partial charge in [-0.15, -0.1) is 0 Å². The van der Waals surface area contributed by atoms with Crippen LogP contribution >= 0.6 is 0 Å². The van der Waals surface area contributed by atoms with Crippen molar-refractivity contribution in [3.05, 3.63) is 90.0 Å². The number of carbonyl (C=O) groups excluding carboxylic acids is 2. The molecule has 3 aromatic carbocycles. The predicted octanol–water partition coefficient (Wildman–Crippen LogP) is 4.92. The highest BCUT2D eigenvalue weighted by molar-refractivity contribution is 7.92. The average molecular weight is 566 g/mol. The second-order valence-electron chi connectivity index (χ2n) is 9.78. The Bertz CT molecular complexity index is 1380. The number of sulfonamides is 1. The molecule has 0 fully saturated rings. The number of carbonyl (C=O) groups is 2. The lowest BCUT2D eigenvalue weighted by Gasteiger charge is -2.33. The Morgan fingerprint density at radius 2 is 1.60 bits per heavy atom. The van der Waals surface area contributed by atoms with E-state index >= 15 is 0 Å². The van der Waals surface area contributed by atoms with Crippen LogP contribution in [0, 0.1) is 6.92 Å². The molecule has 2 amide bonds. The van der Waals surface area contributed by atoms with Gasteiger partial charge in [0.05, 0.1) is 17.7 Å². The van der Waals surface area contributed by atoms with Gasteiger partial charge in [0.15, 0.2) is 0 Å². The number of rotatable bonds is 13. The molecule has 214 valence electrons. The van der Waals surface area contributed by atoms with E-state index in [1.165, 1.54) is 24.1 Å². The molecule has 0 heterocycles. The third-order valence-electron chi connectivity index (χ3n) is 6.79. The number of hydrogen-bond donors (Lipinski definition) is 1. The van der Waals surface area contributed by atoms with E-state index in [0.717, 1.165) is 21.9 Å². The molecule has 0 spiro atoms. The highest BCUT2D eigenvalue weighted by Crippen LogP contribution is 2.26. The SMILES string of the molecule is CCC(C)NC(=O)C(CC)N(Cc1cccc(C)c1)C(=O)CN(c1ccc(OC)cc1)S(=O)(=O)c1ccccc1. The summed E-state index contributed by atoms with van der Waals surface area (Å²) in [6.07, 6.45) is 1.11. The van der Waals surface area contributed by atoms with Crippen LogP contribution in [-0.2, 0) is 26.2 Å². The quantitative estimate of drug-likeness (QED) is 0.317. The van der Waals surface area contributed by atoms with Gasteiger partial charge in [-0.25, -0.2) is 8.42 Å². The first kappa shape index (κ1) is 30.7. The Balaban J connectivity index is 2.05. The van der Waals surface area contributed by atoms with Crippen molar-refractivity contribution in [3.63, 3.8) is 0 Å². The molecular formula is C31H39N3O5S. The van der Waals surface area contributed by atoms with Gasteiger partial charge in [-0.05, 0) is 68.7 Å². The summed E-state index contributed by atoms with van der Waals surface area (Å²) in [7, 11) is -2.59. The Labute approximate surface area is 238 Å². The topological polar surface area (TPSA) is 96.0 Å². The fraction of sp³-hybridized carbons (Fsp3) is 0.355. The zero-order valence-corrected chi connectivity index (χ0v) is 24.6. The van der Waals surface area contributed by atoms with Crippen molar-refractivity contribution in [2.24, 2.45) is 0 Å². The zero-order valence-electron chi connectivity index (χ0n) is 23.8. The maximum absolute atomic E-state index is 14.1. The van der Waals surface area contributed by atoms with Gasteiger partial charge in [0.1, 0.15) is 18.3 Å². The maximum Gasteiger partial charge on any atom is 0.264 e. The van der Waals surface area contributed by atoms with E-state index in [1.807, 2.05) is 52.0 Å². The van der Waals surface area contributed by atoms with Crippen LogP contribution in [0.5, 0.6) is 5.75 Å². The summed E-state index contributed by atoms with van der Waals surface area (Å²) in [5.74, 6) is -0.191. The number of aryl methyl sites for hydroxylation is 1. The van der Waals surface area contributed by atoms with E-state index in [0.29, 0.717) is 17.9 Å². The lowest BCUT2D eigenvalue weighted by Crippen LogP contribution is -2.53. The van der Waals surface area contributed by atoms with E-state index in [9.17, 15) is 18.0 Å². The number of nitrogens with one attached hydrogen (secondary N) is 1. The van der Waals surface area contributed by atoms with Crippen molar-refractivity contribution in [1.29, 1.82) is 0 Å². The molecule has 0 saturated heterocycles. The summed E-state index contributed by atoms with van der Waals surface area (Å²) in [4.78, 5) is 29.0. The minimum atomic E-state index is -4.11. The van der Waals surface area contributed by atoms with Crippen LogP contribution in [0.25, 0.3) is 0 Å². The number of anilines is 1. The van der Waals surface area contributed by atoms with Gasteiger partial charge in [-0.2, -0.15) is 0 Å². The van der Waals surface area contributed by atoms with Crippen molar-refractivity contribution in [2.45, 2.75) is 64.1 Å². The zero-order chi connectivity index (χ0) is 29.3. The van der Waals surface area contributed by atoms with E-state index in [2.05, 4.69) is 5.32 Å². The fourth-order valence-corrected chi connectivity index (χ4v) is 5.80. The number of ether oxygens (including phenoxy) is 1. The minimum Gasteiger partial charge on any atom is -0.497 e. The summed E-state index contributed by atoms with van der Waals surface area (Å²) >= 11 is 0. The number of hydrogen-bond acceptors (Lipinski definition) is 5. The maximum atomic E-state index is 14.1. The average Bonchev–Trinajstić information content (AvgIpc) is 2.96. The van der Waals surface area contributed by atoms with Crippen molar-refractivity contribution in [2.75, 3.05) is 18.0 Å². The smallest absolute Gasteiger partial charge is 0.264 e. The molecule has 0 aliphatic carbocycles. The third-order valence-corrected chi connectivity index (χ3v) is 8.58. The standard InChI is InChI=1S/C31H39N3O5S/c1-6-24(4)32-31(36)29(7-2)33(21-25-13-11-12-23(3)20-25)30(35)22-34(26-16-18-27(39-5)19-17-26)40(37,38)28-14-9-8-10-15-28/h8-20,24,29H,6-7,21-22H2,1-5H3,(H,32,36). The van der Waals surface area contributed by atoms with Crippen molar-refractivity contribution in [1.82, 2.24) is 10.2 Å². The summed E-state index contributed by atoms with van der Waals surface area (Å²) in [5.41, 5.74) is 2.18. The van der Waals surface area contributed by atoms with Crippen LogP contribution in [0.4, 0.5) is 5.69 Å². The molecule has 8 nitrogen and oxygen atoms in total. The van der Waals surface area contributed by atoms with Crippen molar-refractivity contribution >= 4 is 27.5 Å². The van der Waals surface area contributed by atoms with E-state index < -0.39 is 28.5 Å². The molecule has 0 bridgehead atoms. The normalized spacial score (nSPS) is 12.7. The summed E-state index contributed by atoms with van der Waals surface area (Å²) in [6.45, 7) is 7.37. The van der Waals surface area contributed by atoms with Crippen LogP contribution in [0.1, 0.15) is 44.7 Å². The van der Waals surface area contributed by atoms with Crippen LogP contribution in [0.3, 0.4) is 0 Å². The molecule has 1 N–H and O–H groups in total. The summed E-state index contributed by atoms with van der Waals surface area (Å²) in [6, 6.07) is 21.4. The lowest BCUT2D eigenvalue weighted by molar-refractivity contribution is -0.140. The first-order valence-electron chi connectivity index (χ1n) is 13.5. The first-order valence-corrected chi connectivity index (χ1v) is 14.9. The van der Waals surface area contributed by atoms with Crippen LogP contribution in [-0.4, -0.2) is 50.9 Å². The van der Waals surface area contributed by atoms with Gasteiger partial charge in [0.2, 0.25) is 11.8 Å². The predicted molar refractivity (Wildman–Crippen MR) is 158 cm³/mol. The number of amides is 2. The molecule has 9 heteroatoms. The molecule has 3 aromatic rings. The Kier molecular flexibility index (Phi) is 10.7. The Morgan fingerprint density at radius 3 is 2.17 bits per heavy atom. The van der Waals surface area contributed by atoms with Crippen LogP contribution in [0.2, 0.25) is 0 Å². The second-order valence-corrected chi connectivity index (χ2v) is 11.6. The molecule has 0 aliphatic rings. The number of benzene rings is 3. The van der Waals surface area contributed by atoms with Gasteiger partial charge in [0, 0.05) is 12.6 Å². The van der Waals surface area contributed by atoms with E-state index in [-0.39, 0.29) is 23.4 Å². The highest BCUT2D eigenvalue weighted by atomic mass is 32.2. The van der Waals surface area contributed by atoms with Gasteiger partial charge < -0.3 is 15.0 Å². The Morgan fingerprint density at radius 1 is 0.925 bits per heavy atom. The monoisotopic (exact) mass is 565 g/mol. The molecule has 0 aliphatic heterocycles. The second kappa shape index (κ2) is 14.0. The van der Waals surface area contributed by atoms with Gasteiger partial charge in [-0.1, -0.05) is 61.9 Å². The summed E-state index contributed by atoms with van der Waals surface area (Å²) in [5, 5.41) is 2.99. The molecule has 2 unspecified atom stereocenters. The lowest BCUT2D eigenvalue weighted by atomic mass is 10.1. The van der Waals surface area contributed by atoms with Crippen LogP contribution < -0.4 is 14.4 Å². The molecule has 40 heavy (non-hydrogen) atoms. The Hall–Kier alpha value is -3.85. The summed E-state index contributed by atoms with van der Waals surface area (Å²) < 4.78 is 34.0. The van der Waals surface area contributed by atoms with Crippen LogP contribution in [0.15, 0.2) is 83.8 Å². The molecule has 3 rings (SSSR count). The number of nitrogens with zero attached hydrogens (tertiary/aromatic N) is 2. The van der Waals surface area contributed by atoms with Crippen molar-refractivity contribution in [3.8, 4) is 5.75 Å². The number of methoxy groups -OCH3 is 1. The van der Waals surface area contributed by atoms with Gasteiger partial charge in [0.25, 0.3) is 10.0 Å². The highest BCUT2D eigenvalue weighted by Gasteiger charge is 2.34. The molecule has 0 radical (unpaired) electrons. The molecule has 0 aromatic heterocycles. The first-order chi connectivity index (χ1) is 19.1. The third kappa shape index (κ3) is 7.63. The van der Waals surface area contributed by atoms with Gasteiger partial charge >= 0.3 is 0 Å². The van der Waals surface area contributed by atoms with E-state index in [1.54, 1.807) is 42.5 Å².